The minimum Gasteiger partial charge on any atom is -0.489 e. The second-order valence-corrected chi connectivity index (χ2v) is 8.78. The lowest BCUT2D eigenvalue weighted by Gasteiger charge is -2.26. The number of carbonyl (C=O) groups excluding carboxylic acids is 1. The van der Waals surface area contributed by atoms with Gasteiger partial charge in [0.15, 0.2) is 5.69 Å². The lowest BCUT2D eigenvalue weighted by molar-refractivity contribution is 0.0332. The number of amides is 1. The Hall–Kier alpha value is -4.33. The average Bonchev–Trinajstić information content (AvgIpc) is 3.55. The van der Waals surface area contributed by atoms with Crippen molar-refractivity contribution in [3.8, 4) is 11.6 Å². The fourth-order valence-corrected chi connectivity index (χ4v) is 3.84. The summed E-state index contributed by atoms with van der Waals surface area (Å²) in [4.78, 5) is 15.1. The molecule has 3 heterocycles. The standard InChI is InChI=1S/C24H24ClN9O4/c25-18-5-1-17(2-6-18)15-37-19-7-3-16(4-8-19)13-27-29-24(35)21-20(14-33-9-11-36-12-10-33)34(32-28-21)23-22(26)30-38-31-23/h1-8,13H,9-12,14-15H2,(H2,26,30)(H,29,35)/b27-13-. The van der Waals surface area contributed by atoms with Gasteiger partial charge in [-0.1, -0.05) is 28.9 Å². The summed E-state index contributed by atoms with van der Waals surface area (Å²) in [5.74, 6) is 0.353. The molecule has 4 aromatic rings. The van der Waals surface area contributed by atoms with Gasteiger partial charge in [0.2, 0.25) is 11.6 Å². The van der Waals surface area contributed by atoms with Crippen molar-refractivity contribution in [2.75, 3.05) is 32.0 Å². The molecule has 13 nitrogen and oxygen atoms in total. The molecular formula is C24H24ClN9O4. The summed E-state index contributed by atoms with van der Waals surface area (Å²) in [7, 11) is 0. The maximum atomic E-state index is 13.0. The number of ether oxygens (including phenoxy) is 2. The maximum Gasteiger partial charge on any atom is 0.293 e. The number of nitrogen functional groups attached to an aromatic ring is 1. The van der Waals surface area contributed by atoms with Crippen LogP contribution in [-0.4, -0.2) is 68.6 Å². The zero-order valence-corrected chi connectivity index (χ0v) is 20.9. The summed E-state index contributed by atoms with van der Waals surface area (Å²) in [5, 5.41) is 20.2. The monoisotopic (exact) mass is 537 g/mol. The molecule has 1 aliphatic heterocycles. The third kappa shape index (κ3) is 6.14. The van der Waals surface area contributed by atoms with Crippen molar-refractivity contribution in [3.05, 3.63) is 76.1 Å². The molecule has 0 radical (unpaired) electrons. The van der Waals surface area contributed by atoms with Crippen molar-refractivity contribution >= 4 is 29.5 Å². The van der Waals surface area contributed by atoms with E-state index in [1.54, 1.807) is 0 Å². The summed E-state index contributed by atoms with van der Waals surface area (Å²) in [6.45, 7) is 3.35. The molecule has 0 atom stereocenters. The molecule has 1 fully saturated rings. The minimum absolute atomic E-state index is 0.0312. The summed E-state index contributed by atoms with van der Waals surface area (Å²) in [6.07, 6.45) is 1.52. The number of morpholine rings is 1. The molecule has 0 spiro atoms. The molecule has 1 saturated heterocycles. The predicted molar refractivity (Wildman–Crippen MR) is 137 cm³/mol. The van der Waals surface area contributed by atoms with Crippen LogP contribution >= 0.6 is 11.6 Å². The largest absolute Gasteiger partial charge is 0.489 e. The first kappa shape index (κ1) is 25.3. The zero-order chi connectivity index (χ0) is 26.3. The summed E-state index contributed by atoms with van der Waals surface area (Å²) in [6, 6.07) is 14.8. The molecule has 3 N–H and O–H groups in total. The molecule has 0 saturated carbocycles. The lowest BCUT2D eigenvalue weighted by atomic mass is 10.2. The highest BCUT2D eigenvalue weighted by Crippen LogP contribution is 2.19. The van der Waals surface area contributed by atoms with Crippen LogP contribution in [0.25, 0.3) is 5.82 Å². The van der Waals surface area contributed by atoms with Crippen molar-refractivity contribution < 1.29 is 18.9 Å². The van der Waals surface area contributed by atoms with Gasteiger partial charge >= 0.3 is 0 Å². The Balaban J connectivity index is 1.23. The number of anilines is 1. The molecule has 2 aromatic carbocycles. The third-order valence-electron chi connectivity index (χ3n) is 5.73. The van der Waals surface area contributed by atoms with E-state index in [-0.39, 0.29) is 17.3 Å². The fourth-order valence-electron chi connectivity index (χ4n) is 3.71. The van der Waals surface area contributed by atoms with E-state index in [2.05, 4.69) is 36.1 Å². The molecule has 5 rings (SSSR count). The lowest BCUT2D eigenvalue weighted by Crippen LogP contribution is -2.37. The number of nitrogens with one attached hydrogen (secondary N) is 1. The predicted octanol–water partition coefficient (Wildman–Crippen LogP) is 2.06. The van der Waals surface area contributed by atoms with Gasteiger partial charge in [0.1, 0.15) is 12.4 Å². The Bertz CT molecular complexity index is 1400. The number of hydrogen-bond donors (Lipinski definition) is 2. The summed E-state index contributed by atoms with van der Waals surface area (Å²) in [5.41, 5.74) is 10.7. The SMILES string of the molecule is Nc1nonc1-n1nnc(C(=O)N/N=C\c2ccc(OCc3ccc(Cl)cc3)cc2)c1CN1CCOCC1. The van der Waals surface area contributed by atoms with E-state index in [0.717, 1.165) is 11.1 Å². The normalized spacial score (nSPS) is 14.1. The maximum absolute atomic E-state index is 13.0. The second kappa shape index (κ2) is 11.8. The second-order valence-electron chi connectivity index (χ2n) is 8.34. The van der Waals surface area contributed by atoms with Gasteiger partial charge in [0.25, 0.3) is 5.91 Å². The topological polar surface area (TPSA) is 159 Å². The number of nitrogens with zero attached hydrogens (tertiary/aromatic N) is 7. The van der Waals surface area contributed by atoms with Crippen LogP contribution in [0.3, 0.4) is 0 Å². The zero-order valence-electron chi connectivity index (χ0n) is 20.2. The Morgan fingerprint density at radius 2 is 1.89 bits per heavy atom. The Labute approximate surface area is 222 Å². The first-order valence-electron chi connectivity index (χ1n) is 11.7. The van der Waals surface area contributed by atoms with E-state index in [9.17, 15) is 4.79 Å². The number of nitrogens with two attached hydrogens (primary N) is 1. The van der Waals surface area contributed by atoms with Gasteiger partial charge in [-0.25, -0.2) is 10.1 Å². The van der Waals surface area contributed by atoms with E-state index in [1.807, 2.05) is 48.5 Å². The fraction of sp³-hybridized carbons (Fsp3) is 0.250. The minimum atomic E-state index is -0.534. The molecule has 196 valence electrons. The molecule has 38 heavy (non-hydrogen) atoms. The van der Waals surface area contributed by atoms with Crippen LogP contribution < -0.4 is 15.9 Å². The van der Waals surface area contributed by atoms with Crippen LogP contribution in [0.4, 0.5) is 5.82 Å². The Morgan fingerprint density at radius 3 is 2.61 bits per heavy atom. The van der Waals surface area contributed by atoms with Crippen molar-refractivity contribution in [1.82, 2.24) is 35.6 Å². The number of benzene rings is 2. The Kier molecular flexibility index (Phi) is 7.87. The van der Waals surface area contributed by atoms with Crippen molar-refractivity contribution in [2.45, 2.75) is 13.2 Å². The van der Waals surface area contributed by atoms with Crippen LogP contribution in [-0.2, 0) is 17.9 Å². The van der Waals surface area contributed by atoms with Gasteiger partial charge in [-0.05, 0) is 57.8 Å². The molecule has 0 unspecified atom stereocenters. The first-order chi connectivity index (χ1) is 18.6. The number of aromatic nitrogens is 5. The number of halogens is 1. The van der Waals surface area contributed by atoms with E-state index in [0.29, 0.717) is 55.9 Å². The number of hydrazone groups is 1. The Morgan fingerprint density at radius 1 is 1.13 bits per heavy atom. The molecule has 0 aliphatic carbocycles. The van der Waals surface area contributed by atoms with E-state index < -0.39 is 5.91 Å². The number of rotatable bonds is 9. The smallest absolute Gasteiger partial charge is 0.293 e. The van der Waals surface area contributed by atoms with E-state index in [1.165, 1.54) is 10.9 Å². The van der Waals surface area contributed by atoms with Crippen LogP contribution in [0.15, 0.2) is 58.3 Å². The van der Waals surface area contributed by atoms with Gasteiger partial charge in [-0.15, -0.1) is 5.10 Å². The van der Waals surface area contributed by atoms with E-state index >= 15 is 0 Å². The van der Waals surface area contributed by atoms with Crippen molar-refractivity contribution in [3.63, 3.8) is 0 Å². The van der Waals surface area contributed by atoms with Crippen LogP contribution in [0.1, 0.15) is 27.3 Å². The highest BCUT2D eigenvalue weighted by atomic mass is 35.5. The van der Waals surface area contributed by atoms with E-state index in [4.69, 9.17) is 31.4 Å². The van der Waals surface area contributed by atoms with Crippen molar-refractivity contribution in [2.24, 2.45) is 5.10 Å². The van der Waals surface area contributed by atoms with Crippen LogP contribution in [0.5, 0.6) is 5.75 Å². The summed E-state index contributed by atoms with van der Waals surface area (Å²) >= 11 is 5.91. The van der Waals surface area contributed by atoms with Gasteiger partial charge in [-0.2, -0.15) is 9.78 Å². The van der Waals surface area contributed by atoms with Crippen LogP contribution in [0, 0.1) is 0 Å². The molecule has 1 aliphatic rings. The average molecular weight is 538 g/mol. The summed E-state index contributed by atoms with van der Waals surface area (Å²) < 4.78 is 17.2. The van der Waals surface area contributed by atoms with Gasteiger partial charge < -0.3 is 15.2 Å². The van der Waals surface area contributed by atoms with Gasteiger partial charge in [0, 0.05) is 24.7 Å². The number of hydrogen-bond acceptors (Lipinski definition) is 11. The third-order valence-corrected chi connectivity index (χ3v) is 5.98. The molecule has 1 amide bonds. The highest BCUT2D eigenvalue weighted by molar-refractivity contribution is 6.30. The quantitative estimate of drug-likeness (QED) is 0.239. The molecule has 0 bridgehead atoms. The van der Waals surface area contributed by atoms with Gasteiger partial charge in [-0.3, -0.25) is 9.69 Å². The van der Waals surface area contributed by atoms with Crippen LogP contribution in [0.2, 0.25) is 5.02 Å². The number of carbonyl (C=O) groups is 1. The molecule has 14 heteroatoms. The van der Waals surface area contributed by atoms with Crippen molar-refractivity contribution in [1.29, 1.82) is 0 Å². The molecule has 2 aromatic heterocycles. The van der Waals surface area contributed by atoms with Gasteiger partial charge in [0.05, 0.1) is 25.1 Å². The first-order valence-corrected chi connectivity index (χ1v) is 12.1. The highest BCUT2D eigenvalue weighted by Gasteiger charge is 2.26. The molecular weight excluding hydrogens is 514 g/mol.